The number of aliphatic hydroxyl groups excluding tert-OH is 1. The molecule has 0 aromatic heterocycles. The van der Waals surface area contributed by atoms with E-state index in [1.54, 1.807) is 0 Å². The maximum atomic E-state index is 9.66. The van der Waals surface area contributed by atoms with Gasteiger partial charge in [0.2, 0.25) is 0 Å². The van der Waals surface area contributed by atoms with Gasteiger partial charge in [0.15, 0.2) is 0 Å². The molecule has 0 amide bonds. The van der Waals surface area contributed by atoms with Crippen molar-refractivity contribution in [1.82, 2.24) is 0 Å². The molecule has 0 saturated heterocycles. The molecule has 0 radical (unpaired) electrons. The number of aliphatic hydroxyl groups is 1. The molecule has 0 aliphatic carbocycles. The first-order chi connectivity index (χ1) is 9.31. The van der Waals surface area contributed by atoms with Gasteiger partial charge in [0.25, 0.3) is 0 Å². The van der Waals surface area contributed by atoms with Gasteiger partial charge < -0.3 is 5.11 Å². The molecule has 1 nitrogen and oxygen atoms in total. The van der Waals surface area contributed by atoms with Crippen LogP contribution >= 0.6 is 0 Å². The van der Waals surface area contributed by atoms with Crippen LogP contribution in [0.3, 0.4) is 0 Å². The molecule has 0 bridgehead atoms. The molecule has 19 heavy (non-hydrogen) atoms. The van der Waals surface area contributed by atoms with Gasteiger partial charge in [-0.15, -0.1) is 0 Å². The Morgan fingerprint density at radius 2 is 1.53 bits per heavy atom. The fourth-order valence-electron chi connectivity index (χ4n) is 1.66. The van der Waals surface area contributed by atoms with Gasteiger partial charge in [0, 0.05) is 0 Å². The third kappa shape index (κ3) is 14.9. The van der Waals surface area contributed by atoms with Crippen LogP contribution in [0.5, 0.6) is 0 Å². The van der Waals surface area contributed by atoms with E-state index >= 15 is 0 Å². The summed E-state index contributed by atoms with van der Waals surface area (Å²) in [4.78, 5) is 0. The Bertz CT molecular complexity index is 284. The average molecular weight is 262 g/mol. The number of hydrogen-bond donors (Lipinski definition) is 1. The van der Waals surface area contributed by atoms with Crippen LogP contribution in [0, 0.1) is 0 Å². The van der Waals surface area contributed by atoms with Gasteiger partial charge in [-0.05, 0) is 25.7 Å². The second-order valence-electron chi connectivity index (χ2n) is 4.70. The van der Waals surface area contributed by atoms with Gasteiger partial charge in [0.05, 0.1) is 6.10 Å². The fourth-order valence-corrected chi connectivity index (χ4v) is 1.66. The zero-order valence-corrected chi connectivity index (χ0v) is 12.6. The van der Waals surface area contributed by atoms with Crippen molar-refractivity contribution in [3.8, 4) is 0 Å². The quantitative estimate of drug-likeness (QED) is 0.302. The molecule has 0 aromatic rings. The molecule has 1 N–H and O–H groups in total. The lowest BCUT2D eigenvalue weighted by Crippen LogP contribution is -2.00. The molecule has 0 spiro atoms. The highest BCUT2D eigenvalue weighted by atomic mass is 16.3. The summed E-state index contributed by atoms with van der Waals surface area (Å²) in [6.45, 7) is 4.32. The number of allylic oxidation sites excluding steroid dienone is 7. The lowest BCUT2D eigenvalue weighted by Gasteiger charge is -2.02. The maximum Gasteiger partial charge on any atom is 0.0723 e. The first-order valence-electron chi connectivity index (χ1n) is 7.62. The van der Waals surface area contributed by atoms with Gasteiger partial charge in [-0.3, -0.25) is 0 Å². The fraction of sp³-hybridized carbons (Fsp3) is 0.556. The molecule has 0 fully saturated rings. The van der Waals surface area contributed by atoms with E-state index in [9.17, 15) is 5.11 Å². The zero-order chi connectivity index (χ0) is 14.2. The summed E-state index contributed by atoms with van der Waals surface area (Å²) in [7, 11) is 0. The predicted molar refractivity (Wildman–Crippen MR) is 86.2 cm³/mol. The predicted octanol–water partition coefficient (Wildman–Crippen LogP) is 5.34. The van der Waals surface area contributed by atoms with E-state index in [1.807, 2.05) is 18.2 Å². The lowest BCUT2D eigenvalue weighted by atomic mass is 10.1. The van der Waals surface area contributed by atoms with E-state index in [-0.39, 0.29) is 6.10 Å². The van der Waals surface area contributed by atoms with Gasteiger partial charge in [-0.2, -0.15) is 0 Å². The number of unbranched alkanes of at least 4 members (excludes halogenated alkanes) is 2. The highest BCUT2D eigenvalue weighted by Gasteiger charge is 1.96. The second kappa shape index (κ2) is 15.0. The molecule has 0 rings (SSSR count). The van der Waals surface area contributed by atoms with Crippen LogP contribution in [0.25, 0.3) is 0 Å². The highest BCUT2D eigenvalue weighted by molar-refractivity contribution is 5.07. The summed E-state index contributed by atoms with van der Waals surface area (Å²) in [5, 5.41) is 9.66. The zero-order valence-electron chi connectivity index (χ0n) is 12.6. The van der Waals surface area contributed by atoms with Crippen molar-refractivity contribution in [1.29, 1.82) is 0 Å². The largest absolute Gasteiger partial charge is 0.389 e. The molecule has 1 atom stereocenters. The Morgan fingerprint density at radius 3 is 2.21 bits per heavy atom. The SMILES string of the molecule is CC/C=C\C/C=C\C/C=C\C=C/C(O)CCCCC. The minimum Gasteiger partial charge on any atom is -0.389 e. The van der Waals surface area contributed by atoms with E-state index < -0.39 is 0 Å². The highest BCUT2D eigenvalue weighted by Crippen LogP contribution is 2.04. The van der Waals surface area contributed by atoms with Crippen LogP contribution in [-0.4, -0.2) is 11.2 Å². The van der Waals surface area contributed by atoms with E-state index in [0.717, 1.165) is 32.1 Å². The first kappa shape index (κ1) is 17.9. The molecule has 0 heterocycles. The van der Waals surface area contributed by atoms with Gasteiger partial charge >= 0.3 is 0 Å². The summed E-state index contributed by atoms with van der Waals surface area (Å²) in [6.07, 6.45) is 23.9. The van der Waals surface area contributed by atoms with Crippen molar-refractivity contribution < 1.29 is 5.11 Å². The molecule has 1 unspecified atom stereocenters. The van der Waals surface area contributed by atoms with Crippen molar-refractivity contribution >= 4 is 0 Å². The normalized spacial score (nSPS) is 14.5. The van der Waals surface area contributed by atoms with Gasteiger partial charge in [-0.25, -0.2) is 0 Å². The van der Waals surface area contributed by atoms with Gasteiger partial charge in [-0.1, -0.05) is 81.7 Å². The molecule has 0 aliphatic rings. The monoisotopic (exact) mass is 262 g/mol. The molecule has 0 saturated carbocycles. The maximum absolute atomic E-state index is 9.66. The summed E-state index contributed by atoms with van der Waals surface area (Å²) >= 11 is 0. The summed E-state index contributed by atoms with van der Waals surface area (Å²) in [5.74, 6) is 0. The lowest BCUT2D eigenvalue weighted by molar-refractivity contribution is 0.208. The number of hydrogen-bond acceptors (Lipinski definition) is 1. The summed E-state index contributed by atoms with van der Waals surface area (Å²) in [6, 6.07) is 0. The van der Waals surface area contributed by atoms with Crippen molar-refractivity contribution in [3.05, 3.63) is 48.6 Å². The van der Waals surface area contributed by atoms with Crippen LogP contribution in [-0.2, 0) is 0 Å². The standard InChI is InChI=1S/C18H30O/c1-3-5-7-8-9-10-11-12-13-15-17-18(19)16-14-6-4-2/h5,7,9-10,12-13,15,17-19H,3-4,6,8,11,14,16H2,1-2H3/b7-5-,10-9-,13-12-,17-15-. The van der Waals surface area contributed by atoms with Crippen LogP contribution < -0.4 is 0 Å². The van der Waals surface area contributed by atoms with Crippen molar-refractivity contribution in [2.75, 3.05) is 0 Å². The number of rotatable bonds is 11. The van der Waals surface area contributed by atoms with E-state index in [0.29, 0.717) is 0 Å². The van der Waals surface area contributed by atoms with Gasteiger partial charge in [0.1, 0.15) is 0 Å². The Labute approximate surface area is 119 Å². The third-order valence-electron chi connectivity index (χ3n) is 2.80. The first-order valence-corrected chi connectivity index (χ1v) is 7.62. The molecule has 108 valence electrons. The second-order valence-corrected chi connectivity index (χ2v) is 4.70. The van der Waals surface area contributed by atoms with Crippen molar-refractivity contribution in [2.24, 2.45) is 0 Å². The minimum atomic E-state index is -0.286. The average Bonchev–Trinajstić information content (AvgIpc) is 2.41. The summed E-state index contributed by atoms with van der Waals surface area (Å²) in [5.41, 5.74) is 0. The van der Waals surface area contributed by atoms with Crippen LogP contribution in [0.4, 0.5) is 0 Å². The Balaban J connectivity index is 3.58. The van der Waals surface area contributed by atoms with Crippen molar-refractivity contribution in [2.45, 2.75) is 64.9 Å². The summed E-state index contributed by atoms with van der Waals surface area (Å²) < 4.78 is 0. The van der Waals surface area contributed by atoms with Crippen LogP contribution in [0.15, 0.2) is 48.6 Å². The van der Waals surface area contributed by atoms with Crippen LogP contribution in [0.1, 0.15) is 58.8 Å². The molecule has 0 aromatic carbocycles. The smallest absolute Gasteiger partial charge is 0.0723 e. The van der Waals surface area contributed by atoms with Crippen molar-refractivity contribution in [3.63, 3.8) is 0 Å². The van der Waals surface area contributed by atoms with E-state index in [2.05, 4.69) is 44.2 Å². The molecular formula is C18H30O. The Hall–Kier alpha value is -1.08. The molecular weight excluding hydrogens is 232 g/mol. The van der Waals surface area contributed by atoms with Crippen LogP contribution in [0.2, 0.25) is 0 Å². The minimum absolute atomic E-state index is 0.286. The topological polar surface area (TPSA) is 20.2 Å². The molecule has 1 heteroatoms. The Kier molecular flexibility index (Phi) is 14.1. The molecule has 0 aliphatic heterocycles. The Morgan fingerprint density at radius 1 is 0.842 bits per heavy atom. The van der Waals surface area contributed by atoms with E-state index in [1.165, 1.54) is 12.8 Å². The third-order valence-corrected chi connectivity index (χ3v) is 2.80. The van der Waals surface area contributed by atoms with E-state index in [4.69, 9.17) is 0 Å².